The summed E-state index contributed by atoms with van der Waals surface area (Å²) in [6.45, 7) is 0. The first-order valence-electron chi connectivity index (χ1n) is 2.79. The molecule has 25 heavy (non-hydrogen) atoms. The van der Waals surface area contributed by atoms with Gasteiger partial charge in [0.05, 0.1) is 0 Å². The molecule has 171 valence electrons. The Morgan fingerprint density at radius 2 is 0.320 bits per heavy atom. The third-order valence-electron chi connectivity index (χ3n) is 0. The molecule has 0 unspecified atom stereocenters. The van der Waals surface area contributed by atoms with E-state index in [1.54, 1.807) is 0 Å². The summed E-state index contributed by atoms with van der Waals surface area (Å²) in [5.41, 5.74) is 0. The van der Waals surface area contributed by atoms with Crippen LogP contribution in [0.15, 0.2) is 0 Å². The molecule has 0 saturated heterocycles. The van der Waals surface area contributed by atoms with Crippen molar-refractivity contribution in [1.82, 2.24) is 24.6 Å². The van der Waals surface area contributed by atoms with Crippen molar-refractivity contribution in [3.05, 3.63) is 0 Å². The Morgan fingerprint density at radius 3 is 0.320 bits per heavy atom. The molecular weight excluding hydrogens is 504 g/mol. The van der Waals surface area contributed by atoms with Crippen LogP contribution >= 0.6 is 0 Å². The summed E-state index contributed by atoms with van der Waals surface area (Å²) in [5, 5.41) is 0. The van der Waals surface area contributed by atoms with E-state index in [1.807, 2.05) is 0 Å². The summed E-state index contributed by atoms with van der Waals surface area (Å²) >= 11 is 0. The maximum atomic E-state index is 8.74. The molecule has 0 aliphatic rings. The zero-order chi connectivity index (χ0) is 18.0. The van der Waals surface area contributed by atoms with Crippen LogP contribution in [0.2, 0.25) is 0 Å². The van der Waals surface area contributed by atoms with Crippen molar-refractivity contribution >= 4 is 41.6 Å². The molecular formula is H20CuN4O16S4. The van der Waals surface area contributed by atoms with Gasteiger partial charge in [0.25, 0.3) is 0 Å². The fourth-order valence-electron chi connectivity index (χ4n) is 0. The van der Waals surface area contributed by atoms with Crippen LogP contribution in [0.3, 0.4) is 0 Å². The van der Waals surface area contributed by atoms with E-state index in [0.717, 1.165) is 0 Å². The summed E-state index contributed by atoms with van der Waals surface area (Å²) in [4.78, 5) is 0. The quantitative estimate of drug-likeness (QED) is 0.121. The largest absolute Gasteiger partial charge is 0.394 e. The van der Waals surface area contributed by atoms with E-state index in [4.69, 9.17) is 70.1 Å². The van der Waals surface area contributed by atoms with Crippen molar-refractivity contribution in [2.75, 3.05) is 0 Å². The molecule has 20 N–H and O–H groups in total. The van der Waals surface area contributed by atoms with Gasteiger partial charge >= 0.3 is 41.6 Å². The van der Waals surface area contributed by atoms with Gasteiger partial charge in [-0.15, -0.1) is 0 Å². The Balaban J connectivity index is -0.0000000183. The van der Waals surface area contributed by atoms with Gasteiger partial charge in [-0.2, -0.15) is 33.7 Å². The number of hydrogen-bond acceptors (Lipinski definition) is 12. The van der Waals surface area contributed by atoms with Crippen molar-refractivity contribution in [2.24, 2.45) is 0 Å². The standard InChI is InChI=1S/Cu.4H3N.4H2O4S/c;;;;;4*1-5(2,3)4/h;4*1H3;4*(H2,1,2,3,4). The summed E-state index contributed by atoms with van der Waals surface area (Å²) in [6.07, 6.45) is 0. The van der Waals surface area contributed by atoms with Crippen LogP contribution in [0, 0.1) is 0 Å². The van der Waals surface area contributed by atoms with Crippen LogP contribution in [-0.2, 0) is 58.7 Å². The molecule has 25 heteroatoms. The first-order chi connectivity index (χ1) is 8.00. The van der Waals surface area contributed by atoms with Gasteiger partial charge < -0.3 is 24.6 Å². The molecule has 0 bridgehead atoms. The summed E-state index contributed by atoms with van der Waals surface area (Å²) in [7, 11) is -18.7. The third kappa shape index (κ3) is 441000. The van der Waals surface area contributed by atoms with E-state index in [9.17, 15) is 0 Å². The summed E-state index contributed by atoms with van der Waals surface area (Å²) in [6, 6.07) is 0. The van der Waals surface area contributed by atoms with Crippen LogP contribution in [0.4, 0.5) is 0 Å². The molecule has 0 aromatic heterocycles. The van der Waals surface area contributed by atoms with E-state index < -0.39 is 41.6 Å². The van der Waals surface area contributed by atoms with E-state index in [1.165, 1.54) is 0 Å². The van der Waals surface area contributed by atoms with Crippen molar-refractivity contribution in [1.29, 1.82) is 0 Å². The van der Waals surface area contributed by atoms with Crippen molar-refractivity contribution in [3.63, 3.8) is 0 Å². The molecule has 0 heterocycles. The molecule has 20 nitrogen and oxygen atoms in total. The van der Waals surface area contributed by atoms with Crippen molar-refractivity contribution in [2.45, 2.75) is 0 Å². The van der Waals surface area contributed by atoms with Gasteiger partial charge in [-0.3, -0.25) is 36.4 Å². The van der Waals surface area contributed by atoms with E-state index in [2.05, 4.69) is 0 Å². The molecule has 0 amide bonds. The molecule has 0 aliphatic carbocycles. The normalized spacial score (nSPS) is 9.28. The van der Waals surface area contributed by atoms with E-state index >= 15 is 0 Å². The second-order valence-corrected chi connectivity index (χ2v) is 5.37. The zero-order valence-electron chi connectivity index (χ0n) is 11.6. The average Bonchev–Trinajstić information content (AvgIpc) is 1.62. The second-order valence-electron chi connectivity index (χ2n) is 1.79. The van der Waals surface area contributed by atoms with Gasteiger partial charge in [0.2, 0.25) is 0 Å². The van der Waals surface area contributed by atoms with Gasteiger partial charge in [-0.05, 0) is 0 Å². The minimum Gasteiger partial charge on any atom is -0.344 e. The van der Waals surface area contributed by atoms with Gasteiger partial charge in [0, 0.05) is 17.1 Å². The number of hydrogen-bond donors (Lipinski definition) is 12. The minimum absolute atomic E-state index is 0. The number of rotatable bonds is 0. The van der Waals surface area contributed by atoms with Gasteiger partial charge in [-0.1, -0.05) is 0 Å². The van der Waals surface area contributed by atoms with Crippen LogP contribution in [0.5, 0.6) is 0 Å². The van der Waals surface area contributed by atoms with E-state index in [0.29, 0.717) is 0 Å². The molecule has 0 rings (SSSR count). The monoisotopic (exact) mass is 523 g/mol. The van der Waals surface area contributed by atoms with Crippen LogP contribution in [-0.4, -0.2) is 70.1 Å². The third-order valence-corrected chi connectivity index (χ3v) is 0. The van der Waals surface area contributed by atoms with Crippen LogP contribution < -0.4 is 24.6 Å². The maximum absolute atomic E-state index is 8.74. The van der Waals surface area contributed by atoms with Crippen molar-refractivity contribution in [3.8, 4) is 0 Å². The topological polar surface area (TPSA) is 438 Å². The second kappa shape index (κ2) is 21.9. The molecule has 0 atom stereocenters. The first-order valence-corrected chi connectivity index (χ1v) is 8.38. The average molecular weight is 524 g/mol. The van der Waals surface area contributed by atoms with Crippen LogP contribution in [0.1, 0.15) is 0 Å². The Bertz CT molecular complexity index is 489. The zero-order valence-corrected chi connectivity index (χ0v) is 15.8. The Hall–Kier alpha value is -0.161. The molecule has 0 aromatic carbocycles. The van der Waals surface area contributed by atoms with E-state index in [-0.39, 0.29) is 41.7 Å². The predicted octanol–water partition coefficient (Wildman–Crippen LogP) is -1.97. The Morgan fingerprint density at radius 1 is 0.320 bits per heavy atom. The summed E-state index contributed by atoms with van der Waals surface area (Å²) < 4.78 is 126. The molecule has 0 aliphatic heterocycles. The van der Waals surface area contributed by atoms with Gasteiger partial charge in [0.1, 0.15) is 0 Å². The fraction of sp³-hybridized carbons (Fsp3) is 0. The Labute approximate surface area is 153 Å². The SMILES string of the molecule is N.N.N.N.O=S(=O)(O)O.O=S(=O)(O)O.O=S(=O)(O)O.O=S(=O)(O)O.[Cu]. The van der Waals surface area contributed by atoms with Gasteiger partial charge in [-0.25, -0.2) is 0 Å². The maximum Gasteiger partial charge on any atom is 0.394 e. The molecule has 0 spiro atoms. The summed E-state index contributed by atoms with van der Waals surface area (Å²) in [5.74, 6) is 0. The molecule has 0 aromatic rings. The van der Waals surface area contributed by atoms with Crippen LogP contribution in [0.25, 0.3) is 0 Å². The smallest absolute Gasteiger partial charge is 0.344 e. The van der Waals surface area contributed by atoms with Crippen molar-refractivity contribution < 1.29 is 87.2 Å². The predicted molar refractivity (Wildman–Crippen MR) is 76.8 cm³/mol. The Kier molecular flexibility index (Phi) is 49.2. The molecule has 0 saturated carbocycles. The first kappa shape index (κ1) is 56.3. The van der Waals surface area contributed by atoms with Gasteiger partial charge in [0.15, 0.2) is 0 Å². The fourth-order valence-corrected chi connectivity index (χ4v) is 0. The minimum atomic E-state index is -4.67. The molecule has 1 radical (unpaired) electrons. The molecule has 0 fully saturated rings.